The maximum Gasteiger partial charge on any atom is 0.191 e. The maximum atomic E-state index is 5.50. The Morgan fingerprint density at radius 2 is 1.90 bits per heavy atom. The van der Waals surface area contributed by atoms with Gasteiger partial charge in [0.1, 0.15) is 5.75 Å². The third-order valence-electron chi connectivity index (χ3n) is 5.40. The molecule has 1 aromatic heterocycles. The molecule has 1 aromatic carbocycles. The quantitative estimate of drug-likeness (QED) is 0.508. The minimum atomic E-state index is 0.446. The van der Waals surface area contributed by atoms with Gasteiger partial charge in [-0.2, -0.15) is 5.10 Å². The average molecular weight is 415 g/mol. The van der Waals surface area contributed by atoms with Gasteiger partial charge < -0.3 is 20.1 Å². The summed E-state index contributed by atoms with van der Waals surface area (Å²) in [7, 11) is 3.46. The summed E-state index contributed by atoms with van der Waals surface area (Å²) in [5.41, 5.74) is 1.94. The molecule has 1 unspecified atom stereocenters. The number of ether oxygens (including phenoxy) is 2. The van der Waals surface area contributed by atoms with Crippen molar-refractivity contribution >= 4 is 5.96 Å². The van der Waals surface area contributed by atoms with E-state index in [1.54, 1.807) is 14.2 Å². The Morgan fingerprint density at radius 3 is 2.53 bits per heavy atom. The fourth-order valence-electron chi connectivity index (χ4n) is 3.63. The van der Waals surface area contributed by atoms with Crippen LogP contribution in [0.4, 0.5) is 0 Å². The summed E-state index contributed by atoms with van der Waals surface area (Å²) in [6.07, 6.45) is 1.96. The van der Waals surface area contributed by atoms with Crippen LogP contribution in [0.15, 0.2) is 41.5 Å². The second-order valence-corrected chi connectivity index (χ2v) is 7.72. The lowest BCUT2D eigenvalue weighted by Gasteiger charge is -2.37. The highest BCUT2D eigenvalue weighted by Crippen LogP contribution is 2.15. The van der Waals surface area contributed by atoms with E-state index in [9.17, 15) is 0 Å². The van der Waals surface area contributed by atoms with Crippen LogP contribution < -0.4 is 15.4 Å². The number of aromatic nitrogens is 2. The van der Waals surface area contributed by atoms with Gasteiger partial charge in [-0.15, -0.1) is 0 Å². The van der Waals surface area contributed by atoms with Gasteiger partial charge in [0, 0.05) is 38.9 Å². The molecule has 164 valence electrons. The van der Waals surface area contributed by atoms with E-state index in [1.807, 2.05) is 41.2 Å². The van der Waals surface area contributed by atoms with Gasteiger partial charge in [0.2, 0.25) is 0 Å². The summed E-state index contributed by atoms with van der Waals surface area (Å²) in [6.45, 7) is 9.58. The summed E-state index contributed by atoms with van der Waals surface area (Å²) in [5, 5.41) is 11.5. The minimum absolute atomic E-state index is 0.446. The number of hydrogen-bond donors (Lipinski definition) is 2. The van der Waals surface area contributed by atoms with Crippen molar-refractivity contribution in [3.05, 3.63) is 42.2 Å². The van der Waals surface area contributed by atoms with E-state index < -0.39 is 0 Å². The van der Waals surface area contributed by atoms with Crippen LogP contribution in [0.1, 0.15) is 19.5 Å². The van der Waals surface area contributed by atoms with Crippen molar-refractivity contribution < 1.29 is 9.47 Å². The largest absolute Gasteiger partial charge is 0.497 e. The number of benzene rings is 1. The molecule has 1 aliphatic heterocycles. The molecule has 1 saturated heterocycles. The zero-order chi connectivity index (χ0) is 21.3. The third kappa shape index (κ3) is 5.96. The molecule has 2 heterocycles. The predicted octanol–water partition coefficient (Wildman–Crippen LogP) is 1.90. The monoisotopic (exact) mass is 414 g/mol. The normalized spacial score (nSPS) is 16.5. The van der Waals surface area contributed by atoms with Gasteiger partial charge in [0.15, 0.2) is 5.96 Å². The van der Waals surface area contributed by atoms with Gasteiger partial charge in [-0.25, -0.2) is 4.68 Å². The van der Waals surface area contributed by atoms with Gasteiger partial charge in [-0.05, 0) is 36.2 Å². The van der Waals surface area contributed by atoms with Crippen molar-refractivity contribution in [3.8, 4) is 11.4 Å². The summed E-state index contributed by atoms with van der Waals surface area (Å²) < 4.78 is 12.6. The van der Waals surface area contributed by atoms with E-state index >= 15 is 0 Å². The molecule has 0 radical (unpaired) electrons. The molecule has 2 N–H and O–H groups in total. The lowest BCUT2D eigenvalue weighted by molar-refractivity contribution is 0.00752. The highest BCUT2D eigenvalue weighted by molar-refractivity contribution is 5.79. The van der Waals surface area contributed by atoms with Gasteiger partial charge in [-0.1, -0.05) is 13.8 Å². The Labute approximate surface area is 179 Å². The van der Waals surface area contributed by atoms with Crippen LogP contribution in [0.25, 0.3) is 5.69 Å². The number of nitrogens with one attached hydrogen (secondary N) is 2. The van der Waals surface area contributed by atoms with Crippen molar-refractivity contribution in [1.82, 2.24) is 25.3 Å². The Hall–Kier alpha value is -2.58. The molecule has 3 rings (SSSR count). The number of aliphatic imine (C=N–C) groups is 1. The fourth-order valence-corrected chi connectivity index (χ4v) is 3.63. The molecular weight excluding hydrogens is 380 g/mol. The SMILES string of the molecule is CN=C(NCc1ccn(-c2ccc(OC)cc2)n1)NCC(C(C)C)N1CCOCC1. The highest BCUT2D eigenvalue weighted by atomic mass is 16.5. The molecule has 0 aliphatic carbocycles. The Balaban J connectivity index is 1.51. The molecule has 0 spiro atoms. The molecule has 30 heavy (non-hydrogen) atoms. The second-order valence-electron chi connectivity index (χ2n) is 7.72. The van der Waals surface area contributed by atoms with E-state index in [0.717, 1.165) is 55.9 Å². The number of hydrogen-bond acceptors (Lipinski definition) is 5. The van der Waals surface area contributed by atoms with Gasteiger partial charge in [-0.3, -0.25) is 9.89 Å². The molecule has 8 nitrogen and oxygen atoms in total. The molecule has 0 bridgehead atoms. The number of morpholine rings is 1. The van der Waals surface area contributed by atoms with Crippen LogP contribution in [0.2, 0.25) is 0 Å². The van der Waals surface area contributed by atoms with Crippen LogP contribution in [0.3, 0.4) is 0 Å². The van der Waals surface area contributed by atoms with Crippen molar-refractivity contribution in [2.75, 3.05) is 47.0 Å². The van der Waals surface area contributed by atoms with Crippen molar-refractivity contribution in [2.45, 2.75) is 26.4 Å². The number of nitrogens with zero attached hydrogens (tertiary/aromatic N) is 4. The van der Waals surface area contributed by atoms with Crippen LogP contribution >= 0.6 is 0 Å². The van der Waals surface area contributed by atoms with Crippen molar-refractivity contribution in [2.24, 2.45) is 10.9 Å². The molecule has 1 aliphatic rings. The molecular formula is C22H34N6O2. The summed E-state index contributed by atoms with van der Waals surface area (Å²) in [5.74, 6) is 2.17. The van der Waals surface area contributed by atoms with Gasteiger partial charge in [0.05, 0.1) is 38.2 Å². The van der Waals surface area contributed by atoms with Crippen LogP contribution in [-0.2, 0) is 11.3 Å². The van der Waals surface area contributed by atoms with E-state index in [-0.39, 0.29) is 0 Å². The smallest absolute Gasteiger partial charge is 0.191 e. The second kappa shape index (κ2) is 11.0. The van der Waals surface area contributed by atoms with Crippen LogP contribution in [-0.4, -0.2) is 73.7 Å². The first-order chi connectivity index (χ1) is 14.6. The first-order valence-electron chi connectivity index (χ1n) is 10.6. The van der Waals surface area contributed by atoms with Crippen LogP contribution in [0, 0.1) is 5.92 Å². The maximum absolute atomic E-state index is 5.50. The summed E-state index contributed by atoms with van der Waals surface area (Å²) in [4.78, 5) is 6.87. The number of guanidine groups is 1. The molecule has 0 saturated carbocycles. The summed E-state index contributed by atoms with van der Waals surface area (Å²) >= 11 is 0. The van der Waals surface area contributed by atoms with E-state index in [4.69, 9.17) is 9.47 Å². The minimum Gasteiger partial charge on any atom is -0.497 e. The lowest BCUT2D eigenvalue weighted by Crippen LogP contribution is -2.52. The molecule has 1 fully saturated rings. The molecule has 0 amide bonds. The fraction of sp³-hybridized carbons (Fsp3) is 0.545. The molecule has 2 aromatic rings. The van der Waals surface area contributed by atoms with Crippen molar-refractivity contribution in [3.63, 3.8) is 0 Å². The topological polar surface area (TPSA) is 75.9 Å². The molecule has 1 atom stereocenters. The van der Waals surface area contributed by atoms with Gasteiger partial charge >= 0.3 is 0 Å². The van der Waals surface area contributed by atoms with Gasteiger partial charge in [0.25, 0.3) is 0 Å². The van der Waals surface area contributed by atoms with E-state index in [0.29, 0.717) is 18.5 Å². The average Bonchev–Trinajstić information content (AvgIpc) is 3.25. The zero-order valence-electron chi connectivity index (χ0n) is 18.5. The summed E-state index contributed by atoms with van der Waals surface area (Å²) in [6, 6.07) is 10.3. The number of methoxy groups -OCH3 is 1. The van der Waals surface area contributed by atoms with E-state index in [2.05, 4.69) is 39.5 Å². The van der Waals surface area contributed by atoms with E-state index in [1.165, 1.54) is 0 Å². The predicted molar refractivity (Wildman–Crippen MR) is 119 cm³/mol. The molecule has 8 heteroatoms. The third-order valence-corrected chi connectivity index (χ3v) is 5.40. The van der Waals surface area contributed by atoms with Crippen LogP contribution in [0.5, 0.6) is 5.75 Å². The van der Waals surface area contributed by atoms with Crippen molar-refractivity contribution in [1.29, 1.82) is 0 Å². The first-order valence-corrected chi connectivity index (χ1v) is 10.6. The zero-order valence-corrected chi connectivity index (χ0v) is 18.5. The lowest BCUT2D eigenvalue weighted by atomic mass is 10.0. The Bertz CT molecular complexity index is 796. The Morgan fingerprint density at radius 1 is 1.17 bits per heavy atom. The highest BCUT2D eigenvalue weighted by Gasteiger charge is 2.23. The number of rotatable bonds is 8. The first kappa shape index (κ1) is 22.1. The standard InChI is InChI=1S/C22H34N6O2/c1-17(2)21(27-11-13-30-14-12-27)16-25-22(23-3)24-15-18-9-10-28(26-18)19-5-7-20(29-4)8-6-19/h5-10,17,21H,11-16H2,1-4H3,(H2,23,24,25). The Kier molecular flexibility index (Phi) is 8.10.